The third-order valence-corrected chi connectivity index (χ3v) is 2.56. The summed E-state index contributed by atoms with van der Waals surface area (Å²) in [6, 6.07) is 9.99. The molecule has 1 heteroatoms. The van der Waals surface area contributed by atoms with Gasteiger partial charge in [0.15, 0.2) is 0 Å². The van der Waals surface area contributed by atoms with E-state index in [4.69, 9.17) is 0 Å². The second-order valence-corrected chi connectivity index (χ2v) is 3.70. The van der Waals surface area contributed by atoms with Gasteiger partial charge in [-0.15, -0.1) is 0 Å². The summed E-state index contributed by atoms with van der Waals surface area (Å²) in [6.07, 6.45) is 2.82. The first-order valence-electron chi connectivity index (χ1n) is 5.33. The smallest absolute Gasteiger partial charge is 0.140 e. The van der Waals surface area contributed by atoms with Gasteiger partial charge in [-0.25, -0.2) is 0 Å². The van der Waals surface area contributed by atoms with Crippen LogP contribution in [0.2, 0.25) is 0 Å². The number of carbonyl (C=O) groups excluding carboxylic acids is 1. The molecule has 76 valence electrons. The molecule has 0 aliphatic rings. The number of ketones is 1. The molecule has 0 unspecified atom stereocenters. The Kier molecular flexibility index (Phi) is 4.37. The molecule has 0 aromatic heterocycles. The molecule has 0 fully saturated rings. The van der Waals surface area contributed by atoms with Crippen LogP contribution in [0.3, 0.4) is 0 Å². The Morgan fingerprint density at radius 1 is 1.29 bits per heavy atom. The molecule has 1 rings (SSSR count). The Bertz CT molecular complexity index is 277. The van der Waals surface area contributed by atoms with E-state index in [0.717, 1.165) is 18.4 Å². The Balaban J connectivity index is 2.57. The molecule has 0 N–H and O–H groups in total. The highest BCUT2D eigenvalue weighted by Gasteiger charge is 2.13. The van der Waals surface area contributed by atoms with Crippen LogP contribution in [-0.4, -0.2) is 5.78 Å². The summed E-state index contributed by atoms with van der Waals surface area (Å²) >= 11 is 0. The van der Waals surface area contributed by atoms with E-state index in [-0.39, 0.29) is 5.92 Å². The van der Waals surface area contributed by atoms with E-state index in [2.05, 4.69) is 6.92 Å². The lowest BCUT2D eigenvalue weighted by Crippen LogP contribution is -2.08. The number of unbranched alkanes of at least 4 members (excludes halogenated alkanes) is 1. The van der Waals surface area contributed by atoms with Crippen LogP contribution < -0.4 is 0 Å². The van der Waals surface area contributed by atoms with Crippen molar-refractivity contribution in [1.29, 1.82) is 0 Å². The molecule has 0 bridgehead atoms. The van der Waals surface area contributed by atoms with E-state index in [1.165, 1.54) is 0 Å². The molecule has 0 radical (unpaired) electrons. The molecule has 0 amide bonds. The highest BCUT2D eigenvalue weighted by Crippen LogP contribution is 2.18. The topological polar surface area (TPSA) is 17.1 Å². The summed E-state index contributed by atoms with van der Waals surface area (Å²) in [7, 11) is 0. The molecule has 14 heavy (non-hydrogen) atoms. The van der Waals surface area contributed by atoms with Gasteiger partial charge in [0.05, 0.1) is 0 Å². The van der Waals surface area contributed by atoms with Crippen LogP contribution in [0.15, 0.2) is 30.3 Å². The molecular formula is C13H18O. The maximum absolute atomic E-state index is 11.7. The lowest BCUT2D eigenvalue weighted by molar-refractivity contribution is -0.120. The van der Waals surface area contributed by atoms with Crippen molar-refractivity contribution in [2.45, 2.75) is 39.0 Å². The summed E-state index contributed by atoms with van der Waals surface area (Å²) in [6.45, 7) is 4.10. The predicted octanol–water partition coefficient (Wildman–Crippen LogP) is 3.55. The van der Waals surface area contributed by atoms with Crippen molar-refractivity contribution in [2.24, 2.45) is 0 Å². The van der Waals surface area contributed by atoms with Crippen LogP contribution in [0.5, 0.6) is 0 Å². The van der Waals surface area contributed by atoms with E-state index in [0.29, 0.717) is 12.2 Å². The summed E-state index contributed by atoms with van der Waals surface area (Å²) in [5.74, 6) is 0.417. The van der Waals surface area contributed by atoms with Gasteiger partial charge in [-0.3, -0.25) is 4.79 Å². The molecule has 0 heterocycles. The average molecular weight is 190 g/mol. The first-order chi connectivity index (χ1) is 6.75. The monoisotopic (exact) mass is 190 g/mol. The van der Waals surface area contributed by atoms with Crippen molar-refractivity contribution in [3.8, 4) is 0 Å². The SMILES string of the molecule is CCCCC(=O)[C@@H](C)c1ccccc1. The fourth-order valence-corrected chi connectivity index (χ4v) is 1.50. The zero-order valence-corrected chi connectivity index (χ0v) is 8.99. The standard InChI is InChI=1S/C13H18O/c1-3-4-10-13(14)11(2)12-8-6-5-7-9-12/h5-9,11H,3-4,10H2,1-2H3/t11-/m0/s1. The molecule has 0 spiro atoms. The lowest BCUT2D eigenvalue weighted by atomic mass is 9.94. The zero-order valence-electron chi connectivity index (χ0n) is 8.99. The number of carbonyl (C=O) groups is 1. The van der Waals surface area contributed by atoms with Gasteiger partial charge in [0, 0.05) is 12.3 Å². The van der Waals surface area contributed by atoms with Crippen LogP contribution >= 0.6 is 0 Å². The Labute approximate surface area is 86.1 Å². The minimum Gasteiger partial charge on any atom is -0.299 e. The number of Topliss-reactive ketones (excluding diaryl/α,β-unsaturated/α-hetero) is 1. The highest BCUT2D eigenvalue weighted by atomic mass is 16.1. The average Bonchev–Trinajstić information content (AvgIpc) is 2.26. The van der Waals surface area contributed by atoms with Crippen LogP contribution in [0, 0.1) is 0 Å². The molecular weight excluding hydrogens is 172 g/mol. The molecule has 0 saturated carbocycles. The fourth-order valence-electron chi connectivity index (χ4n) is 1.50. The van der Waals surface area contributed by atoms with Crippen LogP contribution in [-0.2, 0) is 4.79 Å². The summed E-state index contributed by atoms with van der Waals surface area (Å²) in [5.41, 5.74) is 1.13. The van der Waals surface area contributed by atoms with Crippen LogP contribution in [0.25, 0.3) is 0 Å². The fraction of sp³-hybridized carbons (Fsp3) is 0.462. The largest absolute Gasteiger partial charge is 0.299 e. The first-order valence-corrected chi connectivity index (χ1v) is 5.33. The molecule has 1 aromatic rings. The minimum atomic E-state index is 0.0581. The quantitative estimate of drug-likeness (QED) is 0.694. The maximum Gasteiger partial charge on any atom is 0.140 e. The molecule has 1 atom stereocenters. The van der Waals surface area contributed by atoms with Gasteiger partial charge < -0.3 is 0 Å². The lowest BCUT2D eigenvalue weighted by Gasteiger charge is -2.09. The van der Waals surface area contributed by atoms with Crippen LogP contribution in [0.4, 0.5) is 0 Å². The second-order valence-electron chi connectivity index (χ2n) is 3.70. The third-order valence-electron chi connectivity index (χ3n) is 2.56. The first kappa shape index (κ1) is 11.0. The van der Waals surface area contributed by atoms with Crippen molar-refractivity contribution in [3.63, 3.8) is 0 Å². The Hall–Kier alpha value is -1.11. The second kappa shape index (κ2) is 5.58. The number of benzene rings is 1. The molecule has 1 nitrogen and oxygen atoms in total. The Morgan fingerprint density at radius 2 is 1.93 bits per heavy atom. The van der Waals surface area contributed by atoms with Gasteiger partial charge in [0.25, 0.3) is 0 Å². The number of hydrogen-bond donors (Lipinski definition) is 0. The molecule has 0 saturated heterocycles. The van der Waals surface area contributed by atoms with E-state index in [9.17, 15) is 4.79 Å². The summed E-state index contributed by atoms with van der Waals surface area (Å²) < 4.78 is 0. The van der Waals surface area contributed by atoms with Crippen molar-refractivity contribution < 1.29 is 4.79 Å². The van der Waals surface area contributed by atoms with Crippen molar-refractivity contribution in [3.05, 3.63) is 35.9 Å². The van der Waals surface area contributed by atoms with E-state index >= 15 is 0 Å². The zero-order chi connectivity index (χ0) is 10.4. The molecule has 1 aromatic carbocycles. The highest BCUT2D eigenvalue weighted by molar-refractivity contribution is 5.85. The van der Waals surface area contributed by atoms with E-state index in [1.807, 2.05) is 37.3 Å². The van der Waals surface area contributed by atoms with Gasteiger partial charge >= 0.3 is 0 Å². The van der Waals surface area contributed by atoms with Gasteiger partial charge in [-0.05, 0) is 12.0 Å². The van der Waals surface area contributed by atoms with Gasteiger partial charge in [0.2, 0.25) is 0 Å². The van der Waals surface area contributed by atoms with Gasteiger partial charge in [0.1, 0.15) is 5.78 Å². The van der Waals surface area contributed by atoms with Gasteiger partial charge in [-0.2, -0.15) is 0 Å². The maximum atomic E-state index is 11.7. The third kappa shape index (κ3) is 2.99. The van der Waals surface area contributed by atoms with Gasteiger partial charge in [-0.1, -0.05) is 50.6 Å². The van der Waals surface area contributed by atoms with Crippen molar-refractivity contribution in [1.82, 2.24) is 0 Å². The number of hydrogen-bond acceptors (Lipinski definition) is 1. The summed E-state index contributed by atoms with van der Waals surface area (Å²) in [5, 5.41) is 0. The van der Waals surface area contributed by atoms with E-state index < -0.39 is 0 Å². The van der Waals surface area contributed by atoms with E-state index in [1.54, 1.807) is 0 Å². The predicted molar refractivity (Wildman–Crippen MR) is 59.4 cm³/mol. The number of rotatable bonds is 5. The van der Waals surface area contributed by atoms with Crippen molar-refractivity contribution in [2.75, 3.05) is 0 Å². The minimum absolute atomic E-state index is 0.0581. The van der Waals surface area contributed by atoms with Crippen LogP contribution in [0.1, 0.15) is 44.6 Å². The van der Waals surface area contributed by atoms with Crippen molar-refractivity contribution >= 4 is 5.78 Å². The molecule has 0 aliphatic heterocycles. The Morgan fingerprint density at radius 3 is 2.50 bits per heavy atom. The molecule has 0 aliphatic carbocycles. The normalized spacial score (nSPS) is 12.4. The summed E-state index contributed by atoms with van der Waals surface area (Å²) in [4.78, 5) is 11.7.